The first kappa shape index (κ1) is 16.8. The van der Waals surface area contributed by atoms with Gasteiger partial charge >= 0.3 is 0 Å². The molecule has 4 N–H and O–H groups in total. The number of nitrogens with two attached hydrogens (primary N) is 1. The van der Waals surface area contributed by atoms with Crippen molar-refractivity contribution in [3.63, 3.8) is 0 Å². The summed E-state index contributed by atoms with van der Waals surface area (Å²) in [6.45, 7) is 6.50. The summed E-state index contributed by atoms with van der Waals surface area (Å²) in [4.78, 5) is 25.0. The minimum Gasteiger partial charge on any atom is -0.383 e. The number of hydrogen-bond donors (Lipinski definition) is 3. The van der Waals surface area contributed by atoms with E-state index in [1.54, 1.807) is 4.90 Å². The first-order valence-electron chi connectivity index (χ1n) is 5.99. The van der Waals surface area contributed by atoms with Gasteiger partial charge in [0, 0.05) is 13.2 Å². The number of nitrogens with zero attached hydrogens (tertiary/aromatic N) is 1. The number of methoxy groups -OCH3 is 1. The van der Waals surface area contributed by atoms with Crippen molar-refractivity contribution in [3.05, 3.63) is 0 Å². The molecule has 106 valence electrons. The lowest BCUT2D eigenvalue weighted by molar-refractivity contribution is -0.130. The highest BCUT2D eigenvalue weighted by atomic mass is 16.5. The molecule has 1 atom stereocenters. The van der Waals surface area contributed by atoms with Crippen molar-refractivity contribution >= 4 is 11.8 Å². The zero-order chi connectivity index (χ0) is 14.1. The Morgan fingerprint density at radius 1 is 1.39 bits per heavy atom. The summed E-state index contributed by atoms with van der Waals surface area (Å²) < 4.78 is 4.98. The lowest BCUT2D eigenvalue weighted by Gasteiger charge is -2.28. The van der Waals surface area contributed by atoms with Gasteiger partial charge in [-0.05, 0) is 20.4 Å². The summed E-state index contributed by atoms with van der Waals surface area (Å²) in [5.41, 5.74) is 2.09. The van der Waals surface area contributed by atoms with Crippen molar-refractivity contribution in [2.45, 2.75) is 32.9 Å². The maximum atomic E-state index is 11.7. The smallest absolute Gasteiger partial charge is 0.253 e. The molecule has 0 fully saturated rings. The van der Waals surface area contributed by atoms with Crippen LogP contribution < -0.4 is 16.6 Å². The average Bonchev–Trinajstić information content (AvgIpc) is 2.31. The highest BCUT2D eigenvalue weighted by Crippen LogP contribution is 2.00. The van der Waals surface area contributed by atoms with E-state index in [9.17, 15) is 9.59 Å². The van der Waals surface area contributed by atoms with Crippen molar-refractivity contribution in [2.75, 3.05) is 26.8 Å². The van der Waals surface area contributed by atoms with Gasteiger partial charge in [-0.1, -0.05) is 6.92 Å². The van der Waals surface area contributed by atoms with Gasteiger partial charge in [0.05, 0.1) is 13.2 Å². The molecule has 0 saturated heterocycles. The van der Waals surface area contributed by atoms with Crippen molar-refractivity contribution in [1.82, 2.24) is 15.6 Å². The molecule has 2 amide bonds. The summed E-state index contributed by atoms with van der Waals surface area (Å²) in [6, 6.07) is -0.497. The molecule has 0 aliphatic heterocycles. The number of hydrogen-bond acceptors (Lipinski definition) is 5. The Balaban J connectivity index is 4.59. The number of rotatable bonds is 8. The highest BCUT2D eigenvalue weighted by molar-refractivity contribution is 5.83. The van der Waals surface area contributed by atoms with Crippen LogP contribution in [0.5, 0.6) is 0 Å². The number of likely N-dealkylation sites (N-methyl/N-ethyl adjacent to an activating group) is 1. The van der Waals surface area contributed by atoms with Gasteiger partial charge in [-0.25, -0.2) is 5.84 Å². The number of amides is 2. The van der Waals surface area contributed by atoms with Crippen molar-refractivity contribution in [2.24, 2.45) is 5.84 Å². The maximum absolute atomic E-state index is 11.7. The fourth-order valence-corrected chi connectivity index (χ4v) is 1.60. The average molecular weight is 260 g/mol. The van der Waals surface area contributed by atoms with Crippen molar-refractivity contribution in [1.29, 1.82) is 0 Å². The van der Waals surface area contributed by atoms with Crippen molar-refractivity contribution < 1.29 is 14.3 Å². The van der Waals surface area contributed by atoms with E-state index < -0.39 is 6.04 Å². The molecule has 0 heterocycles. The summed E-state index contributed by atoms with van der Waals surface area (Å²) in [7, 11) is 1.50. The Morgan fingerprint density at radius 2 is 2.00 bits per heavy atom. The van der Waals surface area contributed by atoms with Crippen LogP contribution in [0.1, 0.15) is 20.8 Å². The Bertz CT molecular complexity index is 271. The fraction of sp³-hybridized carbons (Fsp3) is 0.818. The van der Waals surface area contributed by atoms with Gasteiger partial charge in [-0.15, -0.1) is 0 Å². The molecule has 0 aliphatic carbocycles. The molecular formula is C11H24N4O3. The van der Waals surface area contributed by atoms with Crippen LogP contribution in [-0.2, 0) is 14.3 Å². The van der Waals surface area contributed by atoms with E-state index in [1.807, 2.05) is 20.8 Å². The second kappa shape index (κ2) is 8.84. The van der Waals surface area contributed by atoms with Gasteiger partial charge in [0.25, 0.3) is 5.91 Å². The van der Waals surface area contributed by atoms with Crippen LogP contribution >= 0.6 is 0 Å². The standard InChI is InChI=1S/C11H24N4O3/c1-5-15(6-10(16)13-8(2)3)9(7-18-4)11(17)14-12/h8-9H,5-7,12H2,1-4H3,(H,13,16)(H,14,17). The van der Waals surface area contributed by atoms with E-state index in [0.717, 1.165) is 0 Å². The number of carbonyl (C=O) groups is 2. The van der Waals surface area contributed by atoms with Gasteiger partial charge < -0.3 is 10.1 Å². The quantitative estimate of drug-likeness (QED) is 0.290. The largest absolute Gasteiger partial charge is 0.383 e. The second-order valence-electron chi connectivity index (χ2n) is 4.27. The molecule has 0 saturated carbocycles. The lowest BCUT2D eigenvalue weighted by atomic mass is 10.2. The number of nitrogens with one attached hydrogen (secondary N) is 2. The van der Waals surface area contributed by atoms with Crippen LogP contribution in [0.4, 0.5) is 0 Å². The second-order valence-corrected chi connectivity index (χ2v) is 4.27. The first-order valence-corrected chi connectivity index (χ1v) is 5.99. The molecule has 0 aromatic carbocycles. The highest BCUT2D eigenvalue weighted by Gasteiger charge is 2.26. The molecule has 7 heteroatoms. The summed E-state index contributed by atoms with van der Waals surface area (Å²) in [5.74, 6) is 4.63. The van der Waals surface area contributed by atoms with Crippen molar-refractivity contribution in [3.8, 4) is 0 Å². The van der Waals surface area contributed by atoms with E-state index >= 15 is 0 Å². The third kappa shape index (κ3) is 5.95. The van der Waals surface area contributed by atoms with E-state index in [0.29, 0.717) is 6.54 Å². The van der Waals surface area contributed by atoms with E-state index in [4.69, 9.17) is 10.6 Å². The zero-order valence-corrected chi connectivity index (χ0v) is 11.5. The van der Waals surface area contributed by atoms with Gasteiger partial charge in [-0.2, -0.15) is 0 Å². The zero-order valence-electron chi connectivity index (χ0n) is 11.5. The molecule has 0 rings (SSSR count). The summed E-state index contributed by atoms with van der Waals surface area (Å²) in [5, 5.41) is 2.78. The van der Waals surface area contributed by atoms with Crippen LogP contribution in [0.3, 0.4) is 0 Å². The molecule has 0 bridgehead atoms. The molecular weight excluding hydrogens is 236 g/mol. The monoisotopic (exact) mass is 260 g/mol. The normalized spacial score (nSPS) is 12.6. The van der Waals surface area contributed by atoms with Gasteiger partial charge in [-0.3, -0.25) is 19.9 Å². The Kier molecular flexibility index (Phi) is 8.27. The van der Waals surface area contributed by atoms with Crippen LogP contribution in [0.25, 0.3) is 0 Å². The topological polar surface area (TPSA) is 96.7 Å². The number of ether oxygens (including phenoxy) is 1. The summed E-state index contributed by atoms with van der Waals surface area (Å²) in [6.07, 6.45) is 0. The molecule has 7 nitrogen and oxygen atoms in total. The van der Waals surface area contributed by atoms with E-state index in [-0.39, 0.29) is 31.0 Å². The Morgan fingerprint density at radius 3 is 2.39 bits per heavy atom. The SMILES string of the molecule is CCN(CC(=O)NC(C)C)C(COC)C(=O)NN. The van der Waals surface area contributed by atoms with E-state index in [1.165, 1.54) is 7.11 Å². The molecule has 0 aliphatic rings. The molecule has 18 heavy (non-hydrogen) atoms. The minimum atomic E-state index is -0.567. The predicted octanol–water partition coefficient (Wildman–Crippen LogP) is -1.16. The van der Waals surface area contributed by atoms with Crippen LogP contribution in [0.15, 0.2) is 0 Å². The summed E-state index contributed by atoms with van der Waals surface area (Å²) >= 11 is 0. The minimum absolute atomic E-state index is 0.0698. The van der Waals surface area contributed by atoms with Gasteiger partial charge in [0.1, 0.15) is 6.04 Å². The van der Waals surface area contributed by atoms with Crippen LogP contribution in [-0.4, -0.2) is 55.6 Å². The molecule has 1 unspecified atom stereocenters. The number of carbonyl (C=O) groups excluding carboxylic acids is 2. The first-order chi connectivity index (χ1) is 8.46. The van der Waals surface area contributed by atoms with E-state index in [2.05, 4.69) is 10.7 Å². The van der Waals surface area contributed by atoms with Gasteiger partial charge in [0.2, 0.25) is 5.91 Å². The maximum Gasteiger partial charge on any atom is 0.253 e. The van der Waals surface area contributed by atoms with Crippen LogP contribution in [0, 0.1) is 0 Å². The molecule has 0 aromatic rings. The third-order valence-corrected chi connectivity index (χ3v) is 2.41. The third-order valence-electron chi connectivity index (χ3n) is 2.41. The molecule has 0 radical (unpaired) electrons. The lowest BCUT2D eigenvalue weighted by Crippen LogP contribution is -2.54. The van der Waals surface area contributed by atoms with Crippen LogP contribution in [0.2, 0.25) is 0 Å². The Labute approximate surface area is 108 Å². The molecule has 0 aromatic heterocycles. The predicted molar refractivity (Wildman–Crippen MR) is 68.5 cm³/mol. The molecule has 0 spiro atoms. The van der Waals surface area contributed by atoms with Gasteiger partial charge in [0.15, 0.2) is 0 Å². The Hall–Kier alpha value is -1.18. The number of hydrazine groups is 1. The fourth-order valence-electron chi connectivity index (χ4n) is 1.60.